The van der Waals surface area contributed by atoms with Crippen LogP contribution < -0.4 is 10.9 Å². The molecule has 0 radical (unpaired) electrons. The Morgan fingerprint density at radius 2 is 2.05 bits per heavy atom. The second-order valence-electron chi connectivity index (χ2n) is 5.26. The van der Waals surface area contributed by atoms with E-state index >= 15 is 0 Å². The fraction of sp³-hybridized carbons (Fsp3) is 0.400. The van der Waals surface area contributed by atoms with E-state index in [1.165, 1.54) is 11.1 Å². The molecule has 1 aromatic heterocycles. The third kappa shape index (κ3) is 2.09. The van der Waals surface area contributed by atoms with Crippen LogP contribution in [0.25, 0.3) is 10.8 Å². The Morgan fingerprint density at radius 1 is 1.35 bits per heavy atom. The summed E-state index contributed by atoms with van der Waals surface area (Å²) in [4.78, 5) is 24.4. The average Bonchev–Trinajstić information content (AvgIpc) is 2.44. The number of hydrogen-bond donors (Lipinski definition) is 1. The standard InChI is InChI=1S/C15H17N3O2/c1-16-14(19)13-11-7-2-3-8-12(11)15(20)18(17-13)9-10-5-4-6-10/h2-3,7-8,10H,4-6,9H2,1H3,(H,16,19). The third-order valence-corrected chi connectivity index (χ3v) is 3.97. The normalized spacial score (nSPS) is 15.1. The van der Waals surface area contributed by atoms with Crippen LogP contribution in [-0.4, -0.2) is 22.7 Å². The lowest BCUT2D eigenvalue weighted by Crippen LogP contribution is -2.32. The Morgan fingerprint density at radius 3 is 2.65 bits per heavy atom. The van der Waals surface area contributed by atoms with Crippen LogP contribution in [0.15, 0.2) is 29.1 Å². The molecule has 1 N–H and O–H groups in total. The van der Waals surface area contributed by atoms with E-state index in [4.69, 9.17) is 0 Å². The summed E-state index contributed by atoms with van der Waals surface area (Å²) in [5.74, 6) is 0.252. The topological polar surface area (TPSA) is 64.0 Å². The summed E-state index contributed by atoms with van der Waals surface area (Å²) in [5, 5.41) is 8.04. The zero-order valence-corrected chi connectivity index (χ0v) is 11.4. The number of carbonyl (C=O) groups is 1. The van der Waals surface area contributed by atoms with Gasteiger partial charge in [0.05, 0.1) is 5.39 Å². The molecule has 1 amide bonds. The molecule has 1 aliphatic rings. The van der Waals surface area contributed by atoms with Crippen molar-refractivity contribution in [3.05, 3.63) is 40.3 Å². The Labute approximate surface area is 116 Å². The van der Waals surface area contributed by atoms with Crippen LogP contribution >= 0.6 is 0 Å². The first-order chi connectivity index (χ1) is 9.70. The molecular formula is C15H17N3O2. The van der Waals surface area contributed by atoms with E-state index in [1.807, 2.05) is 12.1 Å². The van der Waals surface area contributed by atoms with Crippen molar-refractivity contribution >= 4 is 16.7 Å². The van der Waals surface area contributed by atoms with Crippen molar-refractivity contribution in [3.63, 3.8) is 0 Å². The molecule has 1 aromatic carbocycles. The number of carbonyl (C=O) groups excluding carboxylic acids is 1. The van der Waals surface area contributed by atoms with Gasteiger partial charge in [0.25, 0.3) is 11.5 Å². The monoisotopic (exact) mass is 271 g/mol. The predicted octanol–water partition coefficient (Wildman–Crippen LogP) is 1.56. The van der Waals surface area contributed by atoms with Gasteiger partial charge in [0.15, 0.2) is 5.69 Å². The van der Waals surface area contributed by atoms with Gasteiger partial charge in [-0.25, -0.2) is 4.68 Å². The molecule has 20 heavy (non-hydrogen) atoms. The summed E-state index contributed by atoms with van der Waals surface area (Å²) in [6, 6.07) is 7.14. The molecule has 1 saturated carbocycles. The van der Waals surface area contributed by atoms with Crippen LogP contribution in [0.2, 0.25) is 0 Å². The van der Waals surface area contributed by atoms with Gasteiger partial charge >= 0.3 is 0 Å². The zero-order valence-electron chi connectivity index (χ0n) is 11.4. The molecule has 5 nitrogen and oxygen atoms in total. The summed E-state index contributed by atoms with van der Waals surface area (Å²) >= 11 is 0. The Hall–Kier alpha value is -2.17. The van der Waals surface area contributed by atoms with Crippen molar-refractivity contribution in [2.45, 2.75) is 25.8 Å². The summed E-state index contributed by atoms with van der Waals surface area (Å²) in [6.07, 6.45) is 3.49. The van der Waals surface area contributed by atoms with Gasteiger partial charge in [-0.3, -0.25) is 9.59 Å². The molecule has 1 aliphatic carbocycles. The van der Waals surface area contributed by atoms with Crippen molar-refractivity contribution in [1.82, 2.24) is 15.1 Å². The molecule has 0 aliphatic heterocycles. The lowest BCUT2D eigenvalue weighted by molar-refractivity contribution is 0.0957. The molecule has 2 aromatic rings. The van der Waals surface area contributed by atoms with E-state index in [2.05, 4.69) is 10.4 Å². The highest BCUT2D eigenvalue weighted by Gasteiger charge is 2.21. The zero-order chi connectivity index (χ0) is 14.1. The maximum atomic E-state index is 12.4. The fourth-order valence-corrected chi connectivity index (χ4v) is 2.56. The quantitative estimate of drug-likeness (QED) is 0.921. The molecule has 1 heterocycles. The summed E-state index contributed by atoms with van der Waals surface area (Å²) in [5.41, 5.74) is 0.210. The first-order valence-corrected chi connectivity index (χ1v) is 6.92. The van der Waals surface area contributed by atoms with Gasteiger partial charge in [0.1, 0.15) is 0 Å². The Bertz CT molecular complexity index is 717. The molecule has 0 unspecified atom stereocenters. The number of hydrogen-bond acceptors (Lipinski definition) is 3. The SMILES string of the molecule is CNC(=O)c1nn(CC2CCC2)c(=O)c2ccccc12. The van der Waals surface area contributed by atoms with E-state index in [0.29, 0.717) is 28.9 Å². The fourth-order valence-electron chi connectivity index (χ4n) is 2.56. The van der Waals surface area contributed by atoms with Crippen LogP contribution in [0.5, 0.6) is 0 Å². The highest BCUT2D eigenvalue weighted by molar-refractivity contribution is 6.04. The Kier molecular flexibility index (Phi) is 3.26. The minimum atomic E-state index is -0.261. The summed E-state index contributed by atoms with van der Waals surface area (Å²) in [7, 11) is 1.57. The van der Waals surface area contributed by atoms with Gasteiger partial charge in [-0.05, 0) is 24.8 Å². The maximum absolute atomic E-state index is 12.4. The molecule has 0 atom stereocenters. The van der Waals surface area contributed by atoms with E-state index in [-0.39, 0.29) is 11.5 Å². The first kappa shape index (κ1) is 12.8. The minimum Gasteiger partial charge on any atom is -0.354 e. The van der Waals surface area contributed by atoms with E-state index in [1.54, 1.807) is 19.2 Å². The second kappa shape index (κ2) is 5.07. The van der Waals surface area contributed by atoms with Gasteiger partial charge in [-0.15, -0.1) is 0 Å². The summed E-state index contributed by atoms with van der Waals surface area (Å²) < 4.78 is 1.46. The van der Waals surface area contributed by atoms with Gasteiger partial charge in [-0.1, -0.05) is 24.6 Å². The number of nitrogens with one attached hydrogen (secondary N) is 1. The second-order valence-corrected chi connectivity index (χ2v) is 5.26. The highest BCUT2D eigenvalue weighted by atomic mass is 16.2. The Balaban J connectivity index is 2.17. The van der Waals surface area contributed by atoms with Crippen molar-refractivity contribution in [2.75, 3.05) is 7.05 Å². The molecule has 1 fully saturated rings. The molecular weight excluding hydrogens is 254 g/mol. The van der Waals surface area contributed by atoms with Gasteiger partial charge in [0, 0.05) is 19.0 Å². The molecule has 3 rings (SSSR count). The van der Waals surface area contributed by atoms with Crippen molar-refractivity contribution in [3.8, 4) is 0 Å². The molecule has 0 spiro atoms. The maximum Gasteiger partial charge on any atom is 0.274 e. The third-order valence-electron chi connectivity index (χ3n) is 3.97. The molecule has 0 bridgehead atoms. The van der Waals surface area contributed by atoms with Crippen LogP contribution in [-0.2, 0) is 6.54 Å². The predicted molar refractivity (Wildman–Crippen MR) is 76.7 cm³/mol. The van der Waals surface area contributed by atoms with Crippen molar-refractivity contribution in [2.24, 2.45) is 5.92 Å². The van der Waals surface area contributed by atoms with E-state index in [0.717, 1.165) is 12.8 Å². The number of aromatic nitrogens is 2. The van der Waals surface area contributed by atoms with Crippen molar-refractivity contribution < 1.29 is 4.79 Å². The molecule has 104 valence electrons. The smallest absolute Gasteiger partial charge is 0.274 e. The molecule has 5 heteroatoms. The lowest BCUT2D eigenvalue weighted by Gasteiger charge is -2.25. The first-order valence-electron chi connectivity index (χ1n) is 6.92. The van der Waals surface area contributed by atoms with Gasteiger partial charge < -0.3 is 5.32 Å². The number of amides is 1. The lowest BCUT2D eigenvalue weighted by atomic mass is 9.85. The largest absolute Gasteiger partial charge is 0.354 e. The molecule has 0 saturated heterocycles. The minimum absolute atomic E-state index is 0.111. The van der Waals surface area contributed by atoms with Crippen LogP contribution in [0.1, 0.15) is 29.8 Å². The van der Waals surface area contributed by atoms with Crippen LogP contribution in [0, 0.1) is 5.92 Å². The number of benzene rings is 1. The van der Waals surface area contributed by atoms with Gasteiger partial charge in [-0.2, -0.15) is 5.10 Å². The van der Waals surface area contributed by atoms with E-state index < -0.39 is 0 Å². The number of nitrogens with zero attached hydrogens (tertiary/aromatic N) is 2. The van der Waals surface area contributed by atoms with Gasteiger partial charge in [0.2, 0.25) is 0 Å². The summed E-state index contributed by atoms with van der Waals surface area (Å²) in [6.45, 7) is 0.605. The van der Waals surface area contributed by atoms with Crippen LogP contribution in [0.4, 0.5) is 0 Å². The number of rotatable bonds is 3. The van der Waals surface area contributed by atoms with Crippen molar-refractivity contribution in [1.29, 1.82) is 0 Å². The van der Waals surface area contributed by atoms with E-state index in [9.17, 15) is 9.59 Å². The van der Waals surface area contributed by atoms with Crippen LogP contribution in [0.3, 0.4) is 0 Å². The highest BCUT2D eigenvalue weighted by Crippen LogP contribution is 2.27. The average molecular weight is 271 g/mol. The number of fused-ring (bicyclic) bond motifs is 1.